The van der Waals surface area contributed by atoms with Gasteiger partial charge < -0.3 is 9.88 Å². The summed E-state index contributed by atoms with van der Waals surface area (Å²) in [5, 5.41) is 16.1. The Labute approximate surface area is 171 Å². The van der Waals surface area contributed by atoms with Gasteiger partial charge in [0, 0.05) is 35.9 Å². The number of halogens is 1. The number of nitrogens with one attached hydrogen (secondary N) is 1. The highest BCUT2D eigenvalue weighted by molar-refractivity contribution is 5.91. The fraction of sp³-hybridized carbons (Fsp3) is 0.190. The van der Waals surface area contributed by atoms with Crippen LogP contribution >= 0.6 is 0 Å². The molecule has 1 N–H and O–H groups in total. The van der Waals surface area contributed by atoms with Crippen LogP contribution in [-0.4, -0.2) is 30.1 Å². The summed E-state index contributed by atoms with van der Waals surface area (Å²) >= 11 is 0. The van der Waals surface area contributed by atoms with Gasteiger partial charge in [0.1, 0.15) is 17.4 Å². The molecule has 30 heavy (non-hydrogen) atoms. The molecule has 4 aromatic rings. The van der Waals surface area contributed by atoms with Crippen LogP contribution < -0.4 is 5.32 Å². The number of amides is 1. The predicted molar refractivity (Wildman–Crippen MR) is 108 cm³/mol. The molecule has 0 atom stereocenters. The molecule has 0 unspecified atom stereocenters. The van der Waals surface area contributed by atoms with E-state index in [9.17, 15) is 9.18 Å². The maximum absolute atomic E-state index is 14.4. The van der Waals surface area contributed by atoms with Crippen molar-refractivity contribution in [3.05, 3.63) is 71.4 Å². The molecule has 0 radical (unpaired) electrons. The number of hydrogen-bond acceptors (Lipinski definition) is 5. The van der Waals surface area contributed by atoms with Crippen molar-refractivity contribution in [2.24, 2.45) is 0 Å². The highest BCUT2D eigenvalue weighted by Crippen LogP contribution is 2.20. The lowest BCUT2D eigenvalue weighted by Crippen LogP contribution is -2.14. The van der Waals surface area contributed by atoms with Gasteiger partial charge in [0.05, 0.1) is 18.2 Å². The second kappa shape index (κ2) is 7.75. The molecule has 1 aromatic carbocycles. The molecule has 0 aliphatic rings. The minimum Gasteiger partial charge on any atom is -0.326 e. The van der Waals surface area contributed by atoms with Crippen LogP contribution in [0.4, 0.5) is 10.1 Å². The van der Waals surface area contributed by atoms with Crippen LogP contribution in [0.3, 0.4) is 0 Å². The summed E-state index contributed by atoms with van der Waals surface area (Å²) in [6.07, 6.45) is 6.84. The Bertz CT molecular complexity index is 1290. The van der Waals surface area contributed by atoms with Crippen molar-refractivity contribution in [2.75, 3.05) is 5.32 Å². The maximum atomic E-state index is 14.4. The van der Waals surface area contributed by atoms with E-state index >= 15 is 0 Å². The zero-order valence-corrected chi connectivity index (χ0v) is 16.4. The van der Waals surface area contributed by atoms with Crippen molar-refractivity contribution < 1.29 is 9.18 Å². The van der Waals surface area contributed by atoms with Gasteiger partial charge >= 0.3 is 0 Å². The Balaban J connectivity index is 1.47. The summed E-state index contributed by atoms with van der Waals surface area (Å²) < 4.78 is 17.5. The molecule has 0 saturated heterocycles. The zero-order valence-electron chi connectivity index (χ0n) is 16.4. The Morgan fingerprint density at radius 3 is 2.87 bits per heavy atom. The highest BCUT2D eigenvalue weighted by atomic mass is 19.1. The standard InChI is InChI=1S/C21H18FN7O/c1-13-17(14(2)29-21(26-13)15(10-23)11-25-29)4-6-20(30)27-16-3-5-19(18(22)9-16)28-8-7-24-12-28/h3,5,7-9,11-12H,4,6H2,1-2H3,(H,27,30). The fourth-order valence-electron chi connectivity index (χ4n) is 3.41. The first kappa shape index (κ1) is 19.3. The minimum atomic E-state index is -0.459. The molecule has 150 valence electrons. The van der Waals surface area contributed by atoms with Gasteiger partial charge in [0.15, 0.2) is 5.65 Å². The molecule has 0 saturated carbocycles. The predicted octanol–water partition coefficient (Wildman–Crippen LogP) is 3.11. The number of imidazole rings is 1. The first-order chi connectivity index (χ1) is 14.5. The number of fused-ring (bicyclic) bond motifs is 1. The van der Waals surface area contributed by atoms with Gasteiger partial charge in [-0.15, -0.1) is 0 Å². The molecule has 0 aliphatic heterocycles. The molecule has 0 fully saturated rings. The number of nitriles is 1. The van der Waals surface area contributed by atoms with Crippen molar-refractivity contribution in [1.29, 1.82) is 5.26 Å². The van der Waals surface area contributed by atoms with Crippen molar-refractivity contribution in [2.45, 2.75) is 26.7 Å². The summed E-state index contributed by atoms with van der Waals surface area (Å²) in [6.45, 7) is 3.73. The van der Waals surface area contributed by atoms with E-state index in [0.717, 1.165) is 17.0 Å². The van der Waals surface area contributed by atoms with E-state index in [1.807, 2.05) is 13.8 Å². The van der Waals surface area contributed by atoms with Crippen LogP contribution in [0.1, 0.15) is 28.9 Å². The number of carbonyl (C=O) groups is 1. The van der Waals surface area contributed by atoms with Crippen molar-refractivity contribution in [1.82, 2.24) is 24.1 Å². The largest absolute Gasteiger partial charge is 0.326 e. The molecule has 9 heteroatoms. The van der Waals surface area contributed by atoms with Crippen LogP contribution in [0.15, 0.2) is 43.1 Å². The topological polar surface area (TPSA) is 101 Å². The summed E-state index contributed by atoms with van der Waals surface area (Å²) in [4.78, 5) is 20.8. The lowest BCUT2D eigenvalue weighted by atomic mass is 10.1. The number of nitrogens with zero attached hydrogens (tertiary/aromatic N) is 6. The van der Waals surface area contributed by atoms with Gasteiger partial charge in [-0.1, -0.05) is 0 Å². The Morgan fingerprint density at radius 2 is 2.17 bits per heavy atom. The maximum Gasteiger partial charge on any atom is 0.224 e. The summed E-state index contributed by atoms with van der Waals surface area (Å²) in [6, 6.07) is 6.59. The first-order valence-corrected chi connectivity index (χ1v) is 9.29. The van der Waals surface area contributed by atoms with E-state index in [1.165, 1.54) is 18.6 Å². The van der Waals surface area contributed by atoms with E-state index in [0.29, 0.717) is 29.0 Å². The average molecular weight is 403 g/mol. The lowest BCUT2D eigenvalue weighted by Gasteiger charge is -2.12. The number of aromatic nitrogens is 5. The van der Waals surface area contributed by atoms with Gasteiger partial charge in [-0.3, -0.25) is 4.79 Å². The quantitative estimate of drug-likeness (QED) is 0.552. The Hall–Kier alpha value is -4.06. The molecular formula is C21H18FN7O. The second-order valence-electron chi connectivity index (χ2n) is 6.85. The summed E-state index contributed by atoms with van der Waals surface area (Å²) in [7, 11) is 0. The summed E-state index contributed by atoms with van der Waals surface area (Å²) in [5.74, 6) is -0.694. The van der Waals surface area contributed by atoms with Crippen LogP contribution in [0.25, 0.3) is 11.3 Å². The van der Waals surface area contributed by atoms with Gasteiger partial charge in [-0.05, 0) is 44.0 Å². The zero-order chi connectivity index (χ0) is 21.3. The van der Waals surface area contributed by atoms with Crippen LogP contribution in [-0.2, 0) is 11.2 Å². The molecule has 0 spiro atoms. The second-order valence-corrected chi connectivity index (χ2v) is 6.85. The normalized spacial score (nSPS) is 10.9. The molecule has 4 rings (SSSR count). The van der Waals surface area contributed by atoms with Gasteiger partial charge in [0.2, 0.25) is 5.91 Å². The SMILES string of the molecule is Cc1nc2c(C#N)cnn2c(C)c1CCC(=O)Nc1ccc(-n2ccnc2)c(F)c1. The number of hydrogen-bond donors (Lipinski definition) is 1. The van der Waals surface area contributed by atoms with Crippen molar-refractivity contribution in [3.8, 4) is 11.8 Å². The molecule has 1 amide bonds. The van der Waals surface area contributed by atoms with Crippen LogP contribution in [0.2, 0.25) is 0 Å². The van der Waals surface area contributed by atoms with E-state index in [2.05, 4.69) is 26.5 Å². The lowest BCUT2D eigenvalue weighted by molar-refractivity contribution is -0.116. The third kappa shape index (κ3) is 3.51. The fourth-order valence-corrected chi connectivity index (χ4v) is 3.41. The molecule has 3 heterocycles. The Kier molecular flexibility index (Phi) is 4.98. The third-order valence-corrected chi connectivity index (χ3v) is 4.95. The smallest absolute Gasteiger partial charge is 0.224 e. The van der Waals surface area contributed by atoms with E-state index in [-0.39, 0.29) is 12.3 Å². The number of anilines is 1. The number of benzene rings is 1. The first-order valence-electron chi connectivity index (χ1n) is 9.29. The number of aryl methyl sites for hydroxylation is 2. The van der Waals surface area contributed by atoms with Crippen molar-refractivity contribution >= 4 is 17.2 Å². The van der Waals surface area contributed by atoms with E-state index in [1.54, 1.807) is 33.6 Å². The molecule has 3 aromatic heterocycles. The molecule has 8 nitrogen and oxygen atoms in total. The monoisotopic (exact) mass is 403 g/mol. The van der Waals surface area contributed by atoms with Crippen molar-refractivity contribution in [3.63, 3.8) is 0 Å². The molecule has 0 bridgehead atoms. The van der Waals surface area contributed by atoms with Crippen LogP contribution in [0, 0.1) is 31.0 Å². The highest BCUT2D eigenvalue weighted by Gasteiger charge is 2.15. The average Bonchev–Trinajstić information content (AvgIpc) is 3.37. The van der Waals surface area contributed by atoms with E-state index < -0.39 is 5.82 Å². The number of rotatable bonds is 5. The minimum absolute atomic E-state index is 0.201. The van der Waals surface area contributed by atoms with Crippen LogP contribution in [0.5, 0.6) is 0 Å². The molecule has 0 aliphatic carbocycles. The van der Waals surface area contributed by atoms with Gasteiger partial charge in [-0.25, -0.2) is 18.9 Å². The molecular weight excluding hydrogens is 385 g/mol. The van der Waals surface area contributed by atoms with Gasteiger partial charge in [-0.2, -0.15) is 10.4 Å². The number of carbonyl (C=O) groups excluding carboxylic acids is 1. The Morgan fingerprint density at radius 1 is 1.33 bits per heavy atom. The summed E-state index contributed by atoms with van der Waals surface area (Å²) in [5.41, 5.74) is 4.14. The van der Waals surface area contributed by atoms with E-state index in [4.69, 9.17) is 5.26 Å². The van der Waals surface area contributed by atoms with Gasteiger partial charge in [0.25, 0.3) is 0 Å². The third-order valence-electron chi connectivity index (χ3n) is 4.95.